The predicted molar refractivity (Wildman–Crippen MR) is 72.3 cm³/mol. The summed E-state index contributed by atoms with van der Waals surface area (Å²) in [4.78, 5) is 0. The van der Waals surface area contributed by atoms with Crippen LogP contribution in [-0.4, -0.2) is 12.6 Å². The van der Waals surface area contributed by atoms with Crippen LogP contribution in [0.2, 0.25) is 0 Å². The molecule has 3 unspecified atom stereocenters. The average molecular weight is 248 g/mol. The number of hydrogen-bond acceptors (Lipinski definition) is 3. The Labute approximate surface area is 109 Å². The molecule has 1 heterocycles. The zero-order valence-electron chi connectivity index (χ0n) is 11.0. The molecule has 0 aromatic carbocycles. The minimum atomic E-state index is 0.490. The molecule has 2 aliphatic carbocycles. The summed E-state index contributed by atoms with van der Waals surface area (Å²) >= 11 is 0. The maximum atomic E-state index is 5.91. The van der Waals surface area contributed by atoms with Crippen LogP contribution in [0.1, 0.15) is 55.9 Å². The normalized spacial score (nSPS) is 32.2. The Morgan fingerprint density at radius 1 is 1.22 bits per heavy atom. The summed E-state index contributed by atoms with van der Waals surface area (Å²) in [5, 5.41) is 3.86. The van der Waals surface area contributed by atoms with Gasteiger partial charge in [-0.05, 0) is 44.2 Å². The fourth-order valence-electron chi connectivity index (χ4n) is 3.63. The highest BCUT2D eigenvalue weighted by Gasteiger charge is 2.29. The van der Waals surface area contributed by atoms with E-state index in [1.807, 2.05) is 6.26 Å². The first-order valence-corrected chi connectivity index (χ1v) is 7.41. The van der Waals surface area contributed by atoms with Gasteiger partial charge in [-0.2, -0.15) is 0 Å². The van der Waals surface area contributed by atoms with Gasteiger partial charge in [0, 0.05) is 24.1 Å². The predicted octanol–water partition coefficient (Wildman–Crippen LogP) is 2.76. The Morgan fingerprint density at radius 2 is 2.11 bits per heavy atom. The van der Waals surface area contributed by atoms with Gasteiger partial charge in [-0.25, -0.2) is 0 Å². The van der Waals surface area contributed by atoms with E-state index in [1.165, 1.54) is 49.8 Å². The van der Waals surface area contributed by atoms with Crippen LogP contribution in [0.3, 0.4) is 0 Å². The highest BCUT2D eigenvalue weighted by atomic mass is 16.3. The van der Waals surface area contributed by atoms with Gasteiger partial charge in [0.05, 0.1) is 6.26 Å². The minimum absolute atomic E-state index is 0.490. The van der Waals surface area contributed by atoms with Gasteiger partial charge >= 0.3 is 0 Å². The van der Waals surface area contributed by atoms with E-state index in [9.17, 15) is 0 Å². The number of rotatable bonds is 3. The van der Waals surface area contributed by atoms with Crippen molar-refractivity contribution in [3.63, 3.8) is 0 Å². The van der Waals surface area contributed by atoms with E-state index in [0.717, 1.165) is 13.0 Å². The molecule has 18 heavy (non-hydrogen) atoms. The Bertz CT molecular complexity index is 388. The van der Waals surface area contributed by atoms with Gasteiger partial charge in [-0.3, -0.25) is 0 Å². The number of aryl methyl sites for hydroxylation is 1. The molecule has 0 saturated heterocycles. The Kier molecular flexibility index (Phi) is 3.71. The van der Waals surface area contributed by atoms with Crippen LogP contribution in [0.5, 0.6) is 0 Å². The zero-order chi connectivity index (χ0) is 12.4. The summed E-state index contributed by atoms with van der Waals surface area (Å²) in [5.41, 5.74) is 7.31. The third-order valence-electron chi connectivity index (χ3n) is 4.68. The maximum Gasteiger partial charge on any atom is 0.108 e. The Hall–Kier alpha value is -0.800. The standard InChI is InChI=1S/C15H24N2O/c16-10-11-4-1-2-5-13(11)17-14-6-3-7-15-12(14)8-9-18-15/h8-9,11,13-14,17H,1-7,10,16H2. The molecule has 2 aliphatic rings. The molecule has 3 atom stereocenters. The largest absolute Gasteiger partial charge is 0.469 e. The minimum Gasteiger partial charge on any atom is -0.469 e. The van der Waals surface area contributed by atoms with Gasteiger partial charge in [0.2, 0.25) is 0 Å². The maximum absolute atomic E-state index is 5.91. The monoisotopic (exact) mass is 248 g/mol. The number of nitrogens with two attached hydrogens (primary N) is 1. The first-order valence-electron chi connectivity index (χ1n) is 7.41. The van der Waals surface area contributed by atoms with Crippen LogP contribution in [0.25, 0.3) is 0 Å². The fraction of sp³-hybridized carbons (Fsp3) is 0.733. The fourth-order valence-corrected chi connectivity index (χ4v) is 3.63. The summed E-state index contributed by atoms with van der Waals surface area (Å²) < 4.78 is 5.56. The average Bonchev–Trinajstić information content (AvgIpc) is 2.89. The Balaban J connectivity index is 1.69. The summed E-state index contributed by atoms with van der Waals surface area (Å²) in [7, 11) is 0. The molecule has 0 spiro atoms. The topological polar surface area (TPSA) is 51.2 Å². The summed E-state index contributed by atoms with van der Waals surface area (Å²) in [5.74, 6) is 1.86. The van der Waals surface area contributed by atoms with Gasteiger partial charge < -0.3 is 15.5 Å². The van der Waals surface area contributed by atoms with E-state index >= 15 is 0 Å². The van der Waals surface area contributed by atoms with Crippen LogP contribution >= 0.6 is 0 Å². The van der Waals surface area contributed by atoms with E-state index in [-0.39, 0.29) is 0 Å². The van der Waals surface area contributed by atoms with Gasteiger partial charge in [0.1, 0.15) is 5.76 Å². The lowest BCUT2D eigenvalue weighted by Gasteiger charge is -2.35. The van der Waals surface area contributed by atoms with E-state index in [4.69, 9.17) is 10.2 Å². The van der Waals surface area contributed by atoms with E-state index in [2.05, 4.69) is 11.4 Å². The molecule has 3 N–H and O–H groups in total. The van der Waals surface area contributed by atoms with Crippen molar-refractivity contribution in [1.82, 2.24) is 5.32 Å². The lowest BCUT2D eigenvalue weighted by atomic mass is 9.83. The molecule has 100 valence electrons. The highest BCUT2D eigenvalue weighted by molar-refractivity contribution is 5.24. The van der Waals surface area contributed by atoms with E-state index < -0.39 is 0 Å². The van der Waals surface area contributed by atoms with Crippen molar-refractivity contribution in [2.24, 2.45) is 11.7 Å². The zero-order valence-corrected chi connectivity index (χ0v) is 11.0. The number of fused-ring (bicyclic) bond motifs is 1. The summed E-state index contributed by atoms with van der Waals surface area (Å²) in [6.45, 7) is 0.822. The van der Waals surface area contributed by atoms with Crippen molar-refractivity contribution in [3.05, 3.63) is 23.7 Å². The van der Waals surface area contributed by atoms with Crippen LogP contribution < -0.4 is 11.1 Å². The molecular weight excluding hydrogens is 224 g/mol. The van der Waals surface area contributed by atoms with E-state index in [0.29, 0.717) is 18.0 Å². The molecule has 0 aliphatic heterocycles. The van der Waals surface area contributed by atoms with Crippen molar-refractivity contribution in [3.8, 4) is 0 Å². The van der Waals surface area contributed by atoms with Crippen LogP contribution in [0.4, 0.5) is 0 Å². The lowest BCUT2D eigenvalue weighted by molar-refractivity contribution is 0.237. The number of furan rings is 1. The van der Waals surface area contributed by atoms with Gasteiger partial charge in [-0.15, -0.1) is 0 Å². The molecular formula is C15H24N2O. The van der Waals surface area contributed by atoms with Crippen molar-refractivity contribution in [2.75, 3.05) is 6.54 Å². The second kappa shape index (κ2) is 5.45. The molecule has 0 amide bonds. The van der Waals surface area contributed by atoms with Gasteiger partial charge in [-0.1, -0.05) is 12.8 Å². The van der Waals surface area contributed by atoms with Crippen molar-refractivity contribution >= 4 is 0 Å². The van der Waals surface area contributed by atoms with Gasteiger partial charge in [0.25, 0.3) is 0 Å². The second-order valence-corrected chi connectivity index (χ2v) is 5.80. The van der Waals surface area contributed by atoms with E-state index in [1.54, 1.807) is 0 Å². The number of hydrogen-bond donors (Lipinski definition) is 2. The quantitative estimate of drug-likeness (QED) is 0.864. The van der Waals surface area contributed by atoms with Crippen LogP contribution in [0.15, 0.2) is 16.7 Å². The molecule has 1 aromatic heterocycles. The van der Waals surface area contributed by atoms with Crippen molar-refractivity contribution < 1.29 is 4.42 Å². The molecule has 0 radical (unpaired) electrons. The van der Waals surface area contributed by atoms with Crippen molar-refractivity contribution in [2.45, 2.75) is 57.0 Å². The molecule has 1 aromatic rings. The summed E-state index contributed by atoms with van der Waals surface area (Å²) in [6.07, 6.45) is 10.7. The molecule has 1 fully saturated rings. The Morgan fingerprint density at radius 3 is 3.00 bits per heavy atom. The second-order valence-electron chi connectivity index (χ2n) is 5.80. The lowest BCUT2D eigenvalue weighted by Crippen LogP contribution is -2.44. The molecule has 0 bridgehead atoms. The smallest absolute Gasteiger partial charge is 0.108 e. The van der Waals surface area contributed by atoms with Crippen LogP contribution in [-0.2, 0) is 6.42 Å². The number of nitrogens with one attached hydrogen (secondary N) is 1. The molecule has 3 heteroatoms. The summed E-state index contributed by atoms with van der Waals surface area (Å²) in [6, 6.07) is 3.24. The first kappa shape index (κ1) is 12.2. The molecule has 1 saturated carbocycles. The highest BCUT2D eigenvalue weighted by Crippen LogP contribution is 2.33. The SMILES string of the molecule is NCC1CCCCC1NC1CCCc2occc21. The first-order chi connectivity index (χ1) is 8.88. The molecule has 3 nitrogen and oxygen atoms in total. The molecule has 3 rings (SSSR count). The van der Waals surface area contributed by atoms with Crippen molar-refractivity contribution in [1.29, 1.82) is 0 Å². The third-order valence-corrected chi connectivity index (χ3v) is 4.68. The van der Waals surface area contributed by atoms with Gasteiger partial charge in [0.15, 0.2) is 0 Å². The third kappa shape index (κ3) is 2.34. The van der Waals surface area contributed by atoms with Crippen LogP contribution in [0, 0.1) is 5.92 Å².